The van der Waals surface area contributed by atoms with Gasteiger partial charge in [-0.15, -0.1) is 0 Å². The van der Waals surface area contributed by atoms with Crippen molar-refractivity contribution in [2.75, 3.05) is 33.2 Å². The van der Waals surface area contributed by atoms with Gasteiger partial charge in [-0.25, -0.2) is 0 Å². The Morgan fingerprint density at radius 2 is 1.48 bits per heavy atom. The zero-order valence-corrected chi connectivity index (χ0v) is 13.4. The van der Waals surface area contributed by atoms with Crippen molar-refractivity contribution in [2.45, 2.75) is 13.0 Å². The normalized spacial score (nSPS) is 16.1. The molecule has 1 heterocycles. The van der Waals surface area contributed by atoms with E-state index in [9.17, 15) is 14.4 Å². The van der Waals surface area contributed by atoms with Crippen molar-refractivity contribution in [3.05, 3.63) is 35.4 Å². The third kappa shape index (κ3) is 3.87. The van der Waals surface area contributed by atoms with Gasteiger partial charge in [0.2, 0.25) is 11.8 Å². The lowest BCUT2D eigenvalue weighted by atomic mass is 10.1. The van der Waals surface area contributed by atoms with Gasteiger partial charge < -0.3 is 20.9 Å². The fourth-order valence-electron chi connectivity index (χ4n) is 2.49. The van der Waals surface area contributed by atoms with Gasteiger partial charge in [-0.2, -0.15) is 0 Å². The Labute approximate surface area is 135 Å². The van der Waals surface area contributed by atoms with Crippen LogP contribution in [0.3, 0.4) is 0 Å². The molecule has 0 aromatic heterocycles. The van der Waals surface area contributed by atoms with Gasteiger partial charge in [0.25, 0.3) is 5.91 Å². The zero-order chi connectivity index (χ0) is 17.0. The van der Waals surface area contributed by atoms with Gasteiger partial charge in [0.1, 0.15) is 0 Å². The molecule has 1 unspecified atom stereocenters. The summed E-state index contributed by atoms with van der Waals surface area (Å²) in [6, 6.07) is 6.07. The maximum Gasteiger partial charge on any atom is 0.253 e. The van der Waals surface area contributed by atoms with Gasteiger partial charge in [0, 0.05) is 37.3 Å². The van der Waals surface area contributed by atoms with Crippen LogP contribution in [0.15, 0.2) is 24.3 Å². The topological polar surface area (TPSA) is 95.7 Å². The maximum atomic E-state index is 12.4. The summed E-state index contributed by atoms with van der Waals surface area (Å²) in [5, 5.41) is 2.93. The smallest absolute Gasteiger partial charge is 0.253 e. The molecule has 0 aliphatic carbocycles. The van der Waals surface area contributed by atoms with Crippen molar-refractivity contribution in [2.24, 2.45) is 5.73 Å². The van der Waals surface area contributed by atoms with E-state index in [1.165, 1.54) is 0 Å². The maximum absolute atomic E-state index is 12.4. The third-order valence-corrected chi connectivity index (χ3v) is 4.10. The number of amides is 3. The second-order valence-electron chi connectivity index (χ2n) is 5.57. The first-order chi connectivity index (χ1) is 10.9. The number of hydrogen-bond acceptors (Lipinski definition) is 4. The Hall–Kier alpha value is -2.41. The summed E-state index contributed by atoms with van der Waals surface area (Å²) in [4.78, 5) is 39.1. The fourth-order valence-corrected chi connectivity index (χ4v) is 2.49. The molecule has 1 aromatic carbocycles. The number of nitrogens with two attached hydrogens (primary N) is 1. The van der Waals surface area contributed by atoms with Crippen molar-refractivity contribution >= 4 is 17.7 Å². The van der Waals surface area contributed by atoms with E-state index in [1.807, 2.05) is 6.92 Å². The number of carbonyl (C=O) groups is 3. The van der Waals surface area contributed by atoms with Crippen LogP contribution in [0.1, 0.15) is 27.6 Å². The number of benzene rings is 1. The monoisotopic (exact) mass is 318 g/mol. The Kier molecular flexibility index (Phi) is 5.33. The minimum absolute atomic E-state index is 0.0467. The molecule has 1 aromatic rings. The van der Waals surface area contributed by atoms with Gasteiger partial charge in [-0.1, -0.05) is 0 Å². The quantitative estimate of drug-likeness (QED) is 0.795. The Bertz CT molecular complexity index is 592. The molecule has 23 heavy (non-hydrogen) atoms. The largest absolute Gasteiger partial charge is 0.366 e. The summed E-state index contributed by atoms with van der Waals surface area (Å²) in [5.41, 5.74) is 6.07. The first kappa shape index (κ1) is 17.0. The lowest BCUT2D eigenvalue weighted by Gasteiger charge is -2.36. The molecule has 124 valence electrons. The minimum atomic E-state index is -0.519. The Balaban J connectivity index is 1.95. The third-order valence-electron chi connectivity index (χ3n) is 4.10. The second kappa shape index (κ2) is 7.23. The SMILES string of the molecule is CNC(C)C(=O)N1CCN(C(=O)c2ccc(C(N)=O)cc2)CC1. The van der Waals surface area contributed by atoms with E-state index >= 15 is 0 Å². The molecule has 7 heteroatoms. The molecule has 2 rings (SSSR count). The number of primary amides is 1. The minimum Gasteiger partial charge on any atom is -0.366 e. The van der Waals surface area contributed by atoms with Crippen LogP contribution < -0.4 is 11.1 Å². The van der Waals surface area contributed by atoms with E-state index in [1.54, 1.807) is 41.1 Å². The van der Waals surface area contributed by atoms with Gasteiger partial charge >= 0.3 is 0 Å². The van der Waals surface area contributed by atoms with Crippen LogP contribution in [-0.4, -0.2) is 66.8 Å². The van der Waals surface area contributed by atoms with Crippen molar-refractivity contribution < 1.29 is 14.4 Å². The fraction of sp³-hybridized carbons (Fsp3) is 0.438. The molecule has 7 nitrogen and oxygen atoms in total. The summed E-state index contributed by atoms with van der Waals surface area (Å²) in [6.07, 6.45) is 0. The molecule has 0 saturated carbocycles. The van der Waals surface area contributed by atoms with E-state index in [2.05, 4.69) is 5.32 Å². The Morgan fingerprint density at radius 3 is 1.96 bits per heavy atom. The van der Waals surface area contributed by atoms with Crippen molar-refractivity contribution in [3.8, 4) is 0 Å². The van der Waals surface area contributed by atoms with Crippen LogP contribution in [0.2, 0.25) is 0 Å². The van der Waals surface area contributed by atoms with Gasteiger partial charge in [0.05, 0.1) is 6.04 Å². The first-order valence-corrected chi connectivity index (χ1v) is 7.59. The van der Waals surface area contributed by atoms with Crippen LogP contribution in [0.4, 0.5) is 0 Å². The highest BCUT2D eigenvalue weighted by Crippen LogP contribution is 2.11. The van der Waals surface area contributed by atoms with E-state index < -0.39 is 5.91 Å². The van der Waals surface area contributed by atoms with Gasteiger partial charge in [0.15, 0.2) is 0 Å². The van der Waals surface area contributed by atoms with Crippen molar-refractivity contribution in [3.63, 3.8) is 0 Å². The predicted octanol–water partition coefficient (Wildman–Crippen LogP) is -0.322. The average Bonchev–Trinajstić information content (AvgIpc) is 2.60. The molecule has 3 amide bonds. The van der Waals surface area contributed by atoms with Crippen LogP contribution in [-0.2, 0) is 4.79 Å². The van der Waals surface area contributed by atoms with E-state index in [-0.39, 0.29) is 17.9 Å². The molecule has 1 aliphatic heterocycles. The molecule has 0 spiro atoms. The van der Waals surface area contributed by atoms with Gasteiger partial charge in [-0.05, 0) is 38.2 Å². The predicted molar refractivity (Wildman–Crippen MR) is 86.0 cm³/mol. The molecular weight excluding hydrogens is 296 g/mol. The summed E-state index contributed by atoms with van der Waals surface area (Å²) >= 11 is 0. The van der Waals surface area contributed by atoms with Crippen LogP contribution >= 0.6 is 0 Å². The van der Waals surface area contributed by atoms with Crippen LogP contribution in [0.25, 0.3) is 0 Å². The summed E-state index contributed by atoms with van der Waals surface area (Å²) < 4.78 is 0. The number of rotatable bonds is 4. The number of hydrogen-bond donors (Lipinski definition) is 2. The highest BCUT2D eigenvalue weighted by molar-refractivity contribution is 5.97. The number of nitrogens with zero attached hydrogens (tertiary/aromatic N) is 2. The lowest BCUT2D eigenvalue weighted by Crippen LogP contribution is -2.54. The molecule has 0 radical (unpaired) electrons. The molecule has 1 atom stereocenters. The first-order valence-electron chi connectivity index (χ1n) is 7.59. The van der Waals surface area contributed by atoms with Crippen molar-refractivity contribution in [1.82, 2.24) is 15.1 Å². The summed E-state index contributed by atoms with van der Waals surface area (Å²) in [5.74, 6) is -0.574. The molecule has 0 bridgehead atoms. The van der Waals surface area contributed by atoms with E-state index in [0.717, 1.165) is 0 Å². The van der Waals surface area contributed by atoms with Crippen LogP contribution in [0, 0.1) is 0 Å². The van der Waals surface area contributed by atoms with Crippen LogP contribution in [0.5, 0.6) is 0 Å². The number of likely N-dealkylation sites (N-methyl/N-ethyl adjacent to an activating group) is 1. The van der Waals surface area contributed by atoms with E-state index in [4.69, 9.17) is 5.73 Å². The number of nitrogens with one attached hydrogen (secondary N) is 1. The average molecular weight is 318 g/mol. The molecule has 1 saturated heterocycles. The van der Waals surface area contributed by atoms with Gasteiger partial charge in [-0.3, -0.25) is 14.4 Å². The number of piperazine rings is 1. The number of carbonyl (C=O) groups excluding carboxylic acids is 3. The standard InChI is InChI=1S/C16H22N4O3/c1-11(18-2)15(22)19-7-9-20(10-8-19)16(23)13-5-3-12(4-6-13)14(17)21/h3-6,11,18H,7-10H2,1-2H3,(H2,17,21). The second-order valence-corrected chi connectivity index (χ2v) is 5.57. The lowest BCUT2D eigenvalue weighted by molar-refractivity contribution is -0.134. The molecule has 3 N–H and O–H groups in total. The highest BCUT2D eigenvalue weighted by atomic mass is 16.2. The molecule has 1 aliphatic rings. The summed E-state index contributed by atoms with van der Waals surface area (Å²) in [6.45, 7) is 3.86. The van der Waals surface area contributed by atoms with Crippen molar-refractivity contribution in [1.29, 1.82) is 0 Å². The zero-order valence-electron chi connectivity index (χ0n) is 13.4. The highest BCUT2D eigenvalue weighted by Gasteiger charge is 2.26. The van der Waals surface area contributed by atoms with E-state index in [0.29, 0.717) is 37.3 Å². The Morgan fingerprint density at radius 1 is 1.00 bits per heavy atom. The molecule has 1 fully saturated rings. The summed E-state index contributed by atoms with van der Waals surface area (Å²) in [7, 11) is 1.75. The molecular formula is C16H22N4O3.